The van der Waals surface area contributed by atoms with E-state index in [9.17, 15) is 4.55 Å². The number of benzene rings is 3. The number of nitrogens with one attached hydrogen (secondary N) is 1. The maximum atomic E-state index is 12.3. The summed E-state index contributed by atoms with van der Waals surface area (Å²) in [4.78, 5) is 7.57. The average molecular weight is 684 g/mol. The molecule has 11 heteroatoms. The molecule has 232 valence electrons. The van der Waals surface area contributed by atoms with Crippen LogP contribution in [0.15, 0.2) is 53.7 Å². The molecule has 2 atom stereocenters. The van der Waals surface area contributed by atoms with Gasteiger partial charge in [-0.3, -0.25) is 0 Å². The van der Waals surface area contributed by atoms with E-state index in [1.807, 2.05) is 24.5 Å². The fourth-order valence-corrected chi connectivity index (χ4v) is 6.76. The minimum Gasteiger partial charge on any atom is -0.616 e. The number of hydrogen-bond donors (Lipinski definition) is 1. The predicted octanol–water partition coefficient (Wildman–Crippen LogP) is 10.5. The summed E-state index contributed by atoms with van der Waals surface area (Å²) in [5.41, 5.74) is 2.80. The quantitative estimate of drug-likeness (QED) is 0.0858. The summed E-state index contributed by atoms with van der Waals surface area (Å²) in [6, 6.07) is 14.7. The number of hydrogen-bond acceptors (Lipinski definition) is 6. The molecular weight excluding hydrogens is 647 g/mol. The molecule has 0 fully saturated rings. The molecule has 0 radical (unpaired) electrons. The lowest BCUT2D eigenvalue weighted by Gasteiger charge is -2.18. The average Bonchev–Trinajstić information content (AvgIpc) is 3.63. The Kier molecular flexibility index (Phi) is 13.4. The van der Waals surface area contributed by atoms with Crippen molar-refractivity contribution in [2.75, 3.05) is 18.8 Å². The summed E-state index contributed by atoms with van der Waals surface area (Å²) in [5.74, 6) is 3.40. The van der Waals surface area contributed by atoms with Crippen molar-refractivity contribution in [2.24, 2.45) is 0 Å². The van der Waals surface area contributed by atoms with Crippen molar-refractivity contribution in [3.8, 4) is 23.0 Å². The first-order valence-electron chi connectivity index (χ1n) is 14.4. The van der Waals surface area contributed by atoms with Crippen molar-refractivity contribution in [3.05, 3.63) is 69.2 Å². The second-order valence-corrected chi connectivity index (χ2v) is 14.2. The molecule has 43 heavy (non-hydrogen) atoms. The van der Waals surface area contributed by atoms with Crippen LogP contribution in [0.2, 0.25) is 15.1 Å². The lowest BCUT2D eigenvalue weighted by molar-refractivity contribution is 0.174. The molecule has 1 aliphatic heterocycles. The van der Waals surface area contributed by atoms with Crippen molar-refractivity contribution in [3.63, 3.8) is 0 Å². The molecule has 1 aromatic heterocycles. The Morgan fingerprint density at radius 3 is 2.53 bits per heavy atom. The minimum absolute atomic E-state index is 0.191. The van der Waals surface area contributed by atoms with Gasteiger partial charge in [0.05, 0.1) is 21.1 Å². The molecule has 1 aliphatic rings. The van der Waals surface area contributed by atoms with Crippen LogP contribution in [0.1, 0.15) is 57.9 Å². The Labute approximate surface area is 276 Å². The van der Waals surface area contributed by atoms with Crippen molar-refractivity contribution < 1.29 is 18.8 Å². The van der Waals surface area contributed by atoms with Crippen LogP contribution in [0, 0.1) is 0 Å². The number of H-pyrrole nitrogens is 1. The number of imidazole rings is 1. The van der Waals surface area contributed by atoms with E-state index in [0.717, 1.165) is 46.3 Å². The number of halogens is 3. The number of unbranched alkanes of at least 4 members (excludes halogenated alkanes) is 5. The molecule has 4 aromatic rings. The zero-order chi connectivity index (χ0) is 30.8. The fourth-order valence-electron chi connectivity index (χ4n) is 4.56. The molecule has 0 saturated heterocycles. The number of rotatable bonds is 13. The summed E-state index contributed by atoms with van der Waals surface area (Å²) in [7, 11) is 0. The van der Waals surface area contributed by atoms with Gasteiger partial charge in [0, 0.05) is 12.5 Å². The molecule has 0 aliphatic carbocycles. The largest absolute Gasteiger partial charge is 0.616 e. The summed E-state index contributed by atoms with van der Waals surface area (Å²) in [6.07, 6.45) is 10.3. The maximum absolute atomic E-state index is 12.3. The van der Waals surface area contributed by atoms with Crippen LogP contribution in [0.25, 0.3) is 11.0 Å². The molecule has 1 N–H and O–H groups in total. The van der Waals surface area contributed by atoms with Crippen LogP contribution in [-0.2, 0) is 17.6 Å². The number of aromatic amines is 1. The molecule has 0 spiro atoms. The second kappa shape index (κ2) is 16.9. The van der Waals surface area contributed by atoms with E-state index < -0.39 is 11.2 Å². The second-order valence-electron chi connectivity index (χ2n) is 10.3. The van der Waals surface area contributed by atoms with Gasteiger partial charge < -0.3 is 23.7 Å². The van der Waals surface area contributed by atoms with Crippen molar-refractivity contribution in [2.45, 2.75) is 69.2 Å². The Morgan fingerprint density at radius 2 is 1.74 bits per heavy atom. The maximum Gasteiger partial charge on any atom is 0.231 e. The molecule has 5 rings (SSSR count). The molecule has 6 nitrogen and oxygen atoms in total. The van der Waals surface area contributed by atoms with Crippen LogP contribution in [-0.4, -0.2) is 38.6 Å². The van der Waals surface area contributed by atoms with Crippen LogP contribution in [0.5, 0.6) is 23.0 Å². The van der Waals surface area contributed by atoms with Crippen LogP contribution in [0.4, 0.5) is 0 Å². The minimum atomic E-state index is -0.743. The normalized spacial score (nSPS) is 13.5. The summed E-state index contributed by atoms with van der Waals surface area (Å²) < 4.78 is 28.8. The summed E-state index contributed by atoms with van der Waals surface area (Å²) >= 11 is 19.1. The third-order valence-corrected chi connectivity index (χ3v) is 10.4. The Bertz CT molecular complexity index is 1490. The molecular formula is C32H37Cl3N2O4S2. The molecule has 0 amide bonds. The standard InChI is InChI=1S/C18H28O3S.C14H9Cl3N2OS/c1-3-4-5-6-7-8-11-22(19)15(2)12-16-9-10-17-18(13-16)21-14-20-17;1-21-14-18-9-5-8(16)12(6-10(9)19-14)20-11-4-2-3-7(15)13(11)17/h9-10,13,15H,3-8,11-12,14H2,1-2H3;2-6H,1H3,(H,18,19). The van der Waals surface area contributed by atoms with Gasteiger partial charge in [-0.2, -0.15) is 0 Å². The van der Waals surface area contributed by atoms with Crippen LogP contribution >= 0.6 is 46.6 Å². The first-order chi connectivity index (χ1) is 20.8. The first-order valence-corrected chi connectivity index (χ1v) is 18.1. The topological polar surface area (TPSA) is 79.4 Å². The molecule has 0 bridgehead atoms. The SMILES string of the molecule is CCCCCCCC[S+]([O-])C(C)Cc1ccc2c(c1)OCO2.CSc1nc2cc(Cl)c(Oc3cccc(Cl)c3Cl)cc2[nH]1. The summed E-state index contributed by atoms with van der Waals surface area (Å²) in [5, 5.41) is 2.25. The Hall–Kier alpha value is -1.94. The van der Waals surface area contributed by atoms with E-state index in [4.69, 9.17) is 49.0 Å². The molecule has 2 heterocycles. The molecule has 0 saturated carbocycles. The van der Waals surface area contributed by atoms with Gasteiger partial charge in [-0.1, -0.05) is 102 Å². The fraction of sp³-hybridized carbons (Fsp3) is 0.406. The number of aromatic nitrogens is 2. The predicted molar refractivity (Wildman–Crippen MR) is 182 cm³/mol. The van der Waals surface area contributed by atoms with E-state index in [0.29, 0.717) is 33.4 Å². The van der Waals surface area contributed by atoms with Gasteiger partial charge in [-0.05, 0) is 61.9 Å². The van der Waals surface area contributed by atoms with E-state index in [-0.39, 0.29) is 5.25 Å². The Morgan fingerprint density at radius 1 is 0.977 bits per heavy atom. The first kappa shape index (κ1) is 33.9. The van der Waals surface area contributed by atoms with Crippen molar-refractivity contribution in [1.29, 1.82) is 0 Å². The van der Waals surface area contributed by atoms with Gasteiger partial charge in [0.15, 0.2) is 16.7 Å². The highest BCUT2D eigenvalue weighted by Gasteiger charge is 2.20. The highest BCUT2D eigenvalue weighted by atomic mass is 35.5. The monoisotopic (exact) mass is 682 g/mol. The molecule has 3 aromatic carbocycles. The van der Waals surface area contributed by atoms with E-state index in [1.54, 1.807) is 30.3 Å². The number of ether oxygens (including phenoxy) is 3. The third-order valence-electron chi connectivity index (χ3n) is 6.95. The van der Waals surface area contributed by atoms with Gasteiger partial charge in [-0.25, -0.2) is 4.98 Å². The number of nitrogens with zero attached hydrogens (tertiary/aromatic N) is 1. The van der Waals surface area contributed by atoms with Crippen LogP contribution < -0.4 is 14.2 Å². The summed E-state index contributed by atoms with van der Waals surface area (Å²) in [6.45, 7) is 4.61. The van der Waals surface area contributed by atoms with E-state index in [2.05, 4.69) is 23.8 Å². The van der Waals surface area contributed by atoms with Gasteiger partial charge in [0.1, 0.15) is 27.5 Å². The van der Waals surface area contributed by atoms with Gasteiger partial charge >= 0.3 is 0 Å². The van der Waals surface area contributed by atoms with Crippen LogP contribution in [0.3, 0.4) is 0 Å². The molecule has 2 unspecified atom stereocenters. The Balaban J connectivity index is 0.000000197. The van der Waals surface area contributed by atoms with Gasteiger partial charge in [0.2, 0.25) is 6.79 Å². The smallest absolute Gasteiger partial charge is 0.231 e. The lowest BCUT2D eigenvalue weighted by Crippen LogP contribution is -2.23. The zero-order valence-corrected chi connectivity index (χ0v) is 28.5. The highest BCUT2D eigenvalue weighted by Crippen LogP contribution is 2.38. The van der Waals surface area contributed by atoms with E-state index >= 15 is 0 Å². The number of thioether (sulfide) groups is 1. The zero-order valence-electron chi connectivity index (χ0n) is 24.6. The van der Waals surface area contributed by atoms with E-state index in [1.165, 1.54) is 49.4 Å². The highest BCUT2D eigenvalue weighted by molar-refractivity contribution is 7.98. The number of fused-ring (bicyclic) bond motifs is 2. The van der Waals surface area contributed by atoms with Gasteiger partial charge in [0.25, 0.3) is 0 Å². The van der Waals surface area contributed by atoms with Crippen molar-refractivity contribution >= 4 is 68.8 Å². The third kappa shape index (κ3) is 9.77. The van der Waals surface area contributed by atoms with Crippen molar-refractivity contribution in [1.82, 2.24) is 9.97 Å². The lowest BCUT2D eigenvalue weighted by atomic mass is 10.1. The van der Waals surface area contributed by atoms with Gasteiger partial charge in [-0.15, -0.1) is 0 Å².